The average Bonchev–Trinajstić information content (AvgIpc) is 3.39. The summed E-state index contributed by atoms with van der Waals surface area (Å²) in [6.45, 7) is 2.56. The van der Waals surface area contributed by atoms with Crippen molar-refractivity contribution < 1.29 is 24.1 Å². The summed E-state index contributed by atoms with van der Waals surface area (Å²) in [5.74, 6) is -1.30. The van der Waals surface area contributed by atoms with Gasteiger partial charge in [0.1, 0.15) is 17.7 Å². The molecule has 0 aliphatic carbocycles. The summed E-state index contributed by atoms with van der Waals surface area (Å²) in [5.41, 5.74) is 1.16. The van der Waals surface area contributed by atoms with E-state index in [2.05, 4.69) is 0 Å². The molecule has 3 aromatic rings. The second kappa shape index (κ2) is 9.19. The van der Waals surface area contributed by atoms with Crippen LogP contribution in [0.25, 0.3) is 0 Å². The first kappa shape index (κ1) is 22.5. The van der Waals surface area contributed by atoms with Gasteiger partial charge in [-0.2, -0.15) is 0 Å². The number of nitro benzene ring substituents is 1. The number of hydroxylamine groups is 1. The smallest absolute Gasteiger partial charge is 0.274 e. The van der Waals surface area contributed by atoms with Gasteiger partial charge in [0.2, 0.25) is 5.91 Å². The Balaban J connectivity index is 1.55. The van der Waals surface area contributed by atoms with Gasteiger partial charge in [0.15, 0.2) is 6.10 Å². The number of nitrogens with zero attached hydrogens (tertiary/aromatic N) is 3. The van der Waals surface area contributed by atoms with Crippen molar-refractivity contribution in [1.29, 1.82) is 0 Å². The van der Waals surface area contributed by atoms with Crippen LogP contribution in [0, 0.1) is 16.0 Å². The Labute approximate surface area is 201 Å². The molecule has 0 N–H and O–H groups in total. The Morgan fingerprint density at radius 3 is 2.29 bits per heavy atom. The summed E-state index contributed by atoms with van der Waals surface area (Å²) in [4.78, 5) is 45.6. The number of hydrogen-bond donors (Lipinski definition) is 0. The van der Waals surface area contributed by atoms with E-state index in [1.165, 1.54) is 11.1 Å². The zero-order valence-electron chi connectivity index (χ0n) is 18.9. The van der Waals surface area contributed by atoms with Crippen LogP contribution >= 0.6 is 0 Å². The topological polar surface area (TPSA) is 102 Å². The second-order valence-electron chi connectivity index (χ2n) is 8.33. The third kappa shape index (κ3) is 3.89. The summed E-state index contributed by atoms with van der Waals surface area (Å²) in [7, 11) is 0. The molecular weight excluding hydrogens is 450 g/mol. The minimum absolute atomic E-state index is 0.140. The van der Waals surface area contributed by atoms with Crippen molar-refractivity contribution in [2.75, 3.05) is 16.6 Å². The fourth-order valence-corrected chi connectivity index (χ4v) is 4.60. The van der Waals surface area contributed by atoms with Gasteiger partial charge in [-0.25, -0.2) is 9.96 Å². The minimum atomic E-state index is -1.11. The highest BCUT2D eigenvalue weighted by molar-refractivity contribution is 6.24. The van der Waals surface area contributed by atoms with Crippen LogP contribution in [0.15, 0.2) is 78.9 Å². The highest BCUT2D eigenvalue weighted by Gasteiger charge is 2.61. The molecule has 0 spiro atoms. The zero-order valence-corrected chi connectivity index (χ0v) is 18.9. The molecule has 3 aromatic carbocycles. The van der Waals surface area contributed by atoms with Gasteiger partial charge in [0, 0.05) is 6.07 Å². The first-order valence-corrected chi connectivity index (χ1v) is 11.4. The van der Waals surface area contributed by atoms with Crippen molar-refractivity contribution >= 4 is 28.9 Å². The van der Waals surface area contributed by atoms with Crippen LogP contribution in [0.4, 0.5) is 17.1 Å². The summed E-state index contributed by atoms with van der Waals surface area (Å²) in [5, 5.41) is 13.3. The van der Waals surface area contributed by atoms with Gasteiger partial charge >= 0.3 is 0 Å². The highest BCUT2D eigenvalue weighted by atomic mass is 16.7. The Morgan fingerprint density at radius 2 is 1.60 bits per heavy atom. The van der Waals surface area contributed by atoms with Gasteiger partial charge in [-0.1, -0.05) is 37.3 Å². The number of anilines is 2. The molecule has 2 amide bonds. The van der Waals surface area contributed by atoms with E-state index in [1.807, 2.05) is 13.0 Å². The van der Waals surface area contributed by atoms with Crippen LogP contribution in [0.1, 0.15) is 24.9 Å². The van der Waals surface area contributed by atoms with Gasteiger partial charge in [0.05, 0.1) is 28.5 Å². The first-order valence-electron chi connectivity index (χ1n) is 11.4. The van der Waals surface area contributed by atoms with Crippen molar-refractivity contribution in [1.82, 2.24) is 0 Å². The minimum Gasteiger partial charge on any atom is -0.494 e. The molecule has 3 atom stereocenters. The standard InChI is InChI=1S/C26H23N3O6/c1-2-16-34-19-14-12-17(13-15-19)27-25(30)22-23(20-10-6-7-11-21(20)29(32)33)28(35-24(22)26(27)31)18-8-4-3-5-9-18/h3-15,22-24H,2,16H2,1H3/t22-,23+,24+/m1/s1. The largest absolute Gasteiger partial charge is 0.494 e. The molecule has 2 aliphatic rings. The number of benzene rings is 3. The molecule has 0 aromatic heterocycles. The van der Waals surface area contributed by atoms with Crippen LogP contribution in [-0.4, -0.2) is 29.4 Å². The number of amides is 2. The van der Waals surface area contributed by atoms with Crippen LogP contribution in [0.2, 0.25) is 0 Å². The maximum atomic E-state index is 13.7. The Morgan fingerprint density at radius 1 is 0.914 bits per heavy atom. The molecule has 9 heteroatoms. The Bertz CT molecular complexity index is 1260. The fraction of sp³-hybridized carbons (Fsp3) is 0.231. The third-order valence-electron chi connectivity index (χ3n) is 6.15. The molecule has 178 valence electrons. The van der Waals surface area contributed by atoms with Crippen LogP contribution in [0.3, 0.4) is 0 Å². The van der Waals surface area contributed by atoms with Crippen molar-refractivity contribution in [2.24, 2.45) is 5.92 Å². The Hall–Kier alpha value is -4.24. The summed E-state index contributed by atoms with van der Waals surface area (Å²) < 4.78 is 5.59. The fourth-order valence-electron chi connectivity index (χ4n) is 4.60. The average molecular weight is 473 g/mol. The quantitative estimate of drug-likeness (QED) is 0.284. The highest BCUT2D eigenvalue weighted by Crippen LogP contribution is 2.49. The van der Waals surface area contributed by atoms with E-state index in [0.29, 0.717) is 29.3 Å². The molecule has 5 rings (SSSR count). The predicted octanol–water partition coefficient (Wildman–Crippen LogP) is 4.43. The summed E-state index contributed by atoms with van der Waals surface area (Å²) >= 11 is 0. The summed E-state index contributed by atoms with van der Waals surface area (Å²) in [6, 6.07) is 21.0. The Kier molecular flexibility index (Phi) is 5.92. The number of rotatable bonds is 7. The molecule has 2 heterocycles. The number of imide groups is 1. The lowest BCUT2D eigenvalue weighted by Gasteiger charge is -2.28. The molecule has 0 bridgehead atoms. The van der Waals surface area contributed by atoms with Gasteiger partial charge in [-0.15, -0.1) is 0 Å². The van der Waals surface area contributed by atoms with Crippen molar-refractivity contribution in [2.45, 2.75) is 25.5 Å². The molecule has 0 saturated carbocycles. The maximum Gasteiger partial charge on any atom is 0.274 e. The van der Waals surface area contributed by atoms with Crippen LogP contribution in [-0.2, 0) is 14.4 Å². The molecular formula is C26H23N3O6. The summed E-state index contributed by atoms with van der Waals surface area (Å²) in [6.07, 6.45) is -0.250. The van der Waals surface area contributed by atoms with Crippen LogP contribution in [0.5, 0.6) is 5.75 Å². The van der Waals surface area contributed by atoms with E-state index in [1.54, 1.807) is 66.7 Å². The first-order chi connectivity index (χ1) is 17.0. The van der Waals surface area contributed by atoms with Crippen molar-refractivity contribution in [3.8, 4) is 5.75 Å². The van der Waals surface area contributed by atoms with E-state index >= 15 is 0 Å². The van der Waals surface area contributed by atoms with E-state index in [4.69, 9.17) is 9.57 Å². The number of carbonyl (C=O) groups is 2. The molecule has 2 saturated heterocycles. The van der Waals surface area contributed by atoms with Crippen molar-refractivity contribution in [3.05, 3.63) is 94.5 Å². The number of para-hydroxylation sites is 2. The van der Waals surface area contributed by atoms with Crippen LogP contribution < -0.4 is 14.7 Å². The third-order valence-corrected chi connectivity index (χ3v) is 6.15. The lowest BCUT2D eigenvalue weighted by molar-refractivity contribution is -0.385. The van der Waals surface area contributed by atoms with Gasteiger partial charge in [-0.05, 0) is 48.9 Å². The number of ether oxygens (including phenoxy) is 1. The number of hydrogen-bond acceptors (Lipinski definition) is 7. The maximum absolute atomic E-state index is 13.7. The molecule has 9 nitrogen and oxygen atoms in total. The van der Waals surface area contributed by atoms with Crippen molar-refractivity contribution in [3.63, 3.8) is 0 Å². The lowest BCUT2D eigenvalue weighted by Crippen LogP contribution is -2.37. The van der Waals surface area contributed by atoms with Gasteiger partial charge in [0.25, 0.3) is 11.6 Å². The SMILES string of the molecule is CCCOc1ccc(N2C(=O)[C@H]3[C@H](ON(c4ccccc4)[C@H]3c3ccccc3[N+](=O)[O-])C2=O)cc1. The van der Waals surface area contributed by atoms with E-state index in [0.717, 1.165) is 11.3 Å². The van der Waals surface area contributed by atoms with Gasteiger partial charge < -0.3 is 4.74 Å². The molecule has 2 fully saturated rings. The monoisotopic (exact) mass is 473 g/mol. The lowest BCUT2D eigenvalue weighted by atomic mass is 9.89. The zero-order chi connectivity index (χ0) is 24.5. The predicted molar refractivity (Wildman–Crippen MR) is 128 cm³/mol. The molecule has 35 heavy (non-hydrogen) atoms. The number of fused-ring (bicyclic) bond motifs is 1. The van der Waals surface area contributed by atoms with E-state index < -0.39 is 34.8 Å². The second-order valence-corrected chi connectivity index (χ2v) is 8.33. The molecule has 0 unspecified atom stereocenters. The normalized spacial score (nSPS) is 21.3. The van der Waals surface area contributed by atoms with E-state index in [9.17, 15) is 19.7 Å². The number of carbonyl (C=O) groups excluding carboxylic acids is 2. The number of nitro groups is 1. The van der Waals surface area contributed by atoms with Gasteiger partial charge in [-0.3, -0.25) is 24.5 Å². The molecule has 2 aliphatic heterocycles. The molecule has 0 radical (unpaired) electrons. The van der Waals surface area contributed by atoms with E-state index in [-0.39, 0.29) is 5.69 Å².